The summed E-state index contributed by atoms with van der Waals surface area (Å²) in [5, 5.41) is 5.80. The Hall–Kier alpha value is -4.95. The zero-order chi connectivity index (χ0) is 31.4. The van der Waals surface area contributed by atoms with Gasteiger partial charge in [-0.2, -0.15) is 13.2 Å². The van der Waals surface area contributed by atoms with Crippen LogP contribution in [-0.4, -0.2) is 74.3 Å². The number of carbonyl (C=O) groups excluding carboxylic acids is 2. The maximum absolute atomic E-state index is 14.1. The van der Waals surface area contributed by atoms with E-state index in [0.29, 0.717) is 41.7 Å². The SMILES string of the molecule is Cc1ccc(NC(=O)c2ccc(CN3CCN(C)C(C(N)=O)C3)c(C(F)(F)F)c2)cc1Nc1nccc(-c2cncnc2)n1. The van der Waals surface area contributed by atoms with E-state index in [1.165, 1.54) is 18.5 Å². The summed E-state index contributed by atoms with van der Waals surface area (Å²) in [4.78, 5) is 45.2. The second-order valence-electron chi connectivity index (χ2n) is 10.5. The second kappa shape index (κ2) is 12.7. The van der Waals surface area contributed by atoms with Gasteiger partial charge in [-0.15, -0.1) is 0 Å². The van der Waals surface area contributed by atoms with Crippen molar-refractivity contribution in [1.29, 1.82) is 0 Å². The number of nitrogens with one attached hydrogen (secondary N) is 2. The summed E-state index contributed by atoms with van der Waals surface area (Å²) >= 11 is 0. The van der Waals surface area contributed by atoms with E-state index >= 15 is 0 Å². The van der Waals surface area contributed by atoms with Crippen LogP contribution in [0.1, 0.15) is 27.0 Å². The third kappa shape index (κ3) is 7.15. The molecule has 1 saturated heterocycles. The van der Waals surface area contributed by atoms with Gasteiger partial charge < -0.3 is 16.4 Å². The first kappa shape index (κ1) is 30.5. The van der Waals surface area contributed by atoms with Crippen molar-refractivity contribution < 1.29 is 22.8 Å². The molecule has 0 radical (unpaired) electrons. The summed E-state index contributed by atoms with van der Waals surface area (Å²) in [7, 11) is 1.75. The number of amides is 2. The Kier molecular flexibility index (Phi) is 8.83. The Bertz CT molecular complexity index is 1670. The van der Waals surface area contributed by atoms with E-state index in [-0.39, 0.29) is 24.2 Å². The number of rotatable bonds is 8. The number of hydrogen-bond acceptors (Lipinski definition) is 9. The number of halogens is 3. The van der Waals surface area contributed by atoms with Gasteiger partial charge in [0, 0.05) is 67.3 Å². The molecule has 4 N–H and O–H groups in total. The number of aryl methyl sites for hydroxylation is 1. The Labute approximate surface area is 251 Å². The first-order valence-corrected chi connectivity index (χ1v) is 13.7. The van der Waals surface area contributed by atoms with E-state index < -0.39 is 29.6 Å². The molecule has 0 bridgehead atoms. The molecule has 0 spiro atoms. The van der Waals surface area contributed by atoms with Crippen LogP contribution in [-0.2, 0) is 17.5 Å². The van der Waals surface area contributed by atoms with E-state index in [2.05, 4.69) is 30.6 Å². The van der Waals surface area contributed by atoms with Gasteiger partial charge in [-0.1, -0.05) is 12.1 Å². The molecular formula is C30H30F3N9O2. The number of primary amides is 1. The van der Waals surface area contributed by atoms with Crippen molar-refractivity contribution in [2.45, 2.75) is 25.7 Å². The standard InChI is InChI=1S/C30H30F3N9O2/c1-18-3-6-22(12-25(18)40-29-37-8-7-24(39-29)21-13-35-17-36-14-21)38-28(44)19-4-5-20(23(11-19)30(31,32)33)15-42-10-9-41(2)26(16-42)27(34)43/h3-8,11-14,17,26H,9-10,15-16H2,1-2H3,(H2,34,43)(H,38,44)(H,37,39,40). The molecule has 44 heavy (non-hydrogen) atoms. The van der Waals surface area contributed by atoms with Crippen molar-refractivity contribution >= 4 is 29.1 Å². The van der Waals surface area contributed by atoms with Crippen LogP contribution >= 0.6 is 0 Å². The minimum atomic E-state index is -4.69. The fraction of sp³-hybridized carbons (Fsp3) is 0.267. The highest BCUT2D eigenvalue weighted by Crippen LogP contribution is 2.34. The van der Waals surface area contributed by atoms with Crippen LogP contribution in [0.3, 0.4) is 0 Å². The molecule has 2 aromatic heterocycles. The number of hydrogen-bond donors (Lipinski definition) is 3. The zero-order valence-electron chi connectivity index (χ0n) is 24.0. The van der Waals surface area contributed by atoms with Crippen LogP contribution in [0.5, 0.6) is 0 Å². The van der Waals surface area contributed by atoms with Gasteiger partial charge in [0.1, 0.15) is 12.4 Å². The third-order valence-corrected chi connectivity index (χ3v) is 7.39. The summed E-state index contributed by atoms with van der Waals surface area (Å²) in [6.07, 6.45) is 1.57. The fourth-order valence-electron chi connectivity index (χ4n) is 4.91. The summed E-state index contributed by atoms with van der Waals surface area (Å²) in [6.45, 7) is 2.98. The average molecular weight is 606 g/mol. The molecule has 1 fully saturated rings. The second-order valence-corrected chi connectivity index (χ2v) is 10.5. The molecule has 3 heterocycles. The lowest BCUT2D eigenvalue weighted by Crippen LogP contribution is -2.56. The first-order chi connectivity index (χ1) is 21.0. The highest BCUT2D eigenvalue weighted by Gasteiger charge is 2.36. The summed E-state index contributed by atoms with van der Waals surface area (Å²) in [5.41, 5.74) is 7.51. The molecule has 4 aromatic rings. The smallest absolute Gasteiger partial charge is 0.368 e. The number of nitrogens with two attached hydrogens (primary N) is 1. The fourth-order valence-corrected chi connectivity index (χ4v) is 4.91. The van der Waals surface area contributed by atoms with Crippen molar-refractivity contribution in [2.24, 2.45) is 5.73 Å². The van der Waals surface area contributed by atoms with Gasteiger partial charge in [0.15, 0.2) is 0 Å². The molecule has 0 aliphatic carbocycles. The van der Waals surface area contributed by atoms with E-state index in [9.17, 15) is 22.8 Å². The molecule has 5 rings (SSSR count). The van der Waals surface area contributed by atoms with Crippen LogP contribution < -0.4 is 16.4 Å². The number of alkyl halides is 3. The molecule has 1 aliphatic rings. The van der Waals surface area contributed by atoms with Gasteiger partial charge in [-0.25, -0.2) is 19.9 Å². The monoisotopic (exact) mass is 605 g/mol. The lowest BCUT2D eigenvalue weighted by atomic mass is 10.0. The maximum atomic E-state index is 14.1. The number of anilines is 3. The lowest BCUT2D eigenvalue weighted by molar-refractivity contribution is -0.138. The highest BCUT2D eigenvalue weighted by molar-refractivity contribution is 6.04. The van der Waals surface area contributed by atoms with E-state index in [0.717, 1.165) is 11.6 Å². The molecule has 1 unspecified atom stereocenters. The molecule has 2 amide bonds. The third-order valence-electron chi connectivity index (χ3n) is 7.39. The number of benzene rings is 2. The van der Waals surface area contributed by atoms with E-state index in [1.54, 1.807) is 59.7 Å². The summed E-state index contributed by atoms with van der Waals surface area (Å²) in [5.74, 6) is -0.934. The Balaban J connectivity index is 1.32. The Morgan fingerprint density at radius 3 is 2.57 bits per heavy atom. The Morgan fingerprint density at radius 1 is 1.07 bits per heavy atom. The Morgan fingerprint density at radius 2 is 1.84 bits per heavy atom. The minimum Gasteiger partial charge on any atom is -0.368 e. The molecule has 1 aliphatic heterocycles. The normalized spacial score (nSPS) is 16.0. The molecule has 11 nitrogen and oxygen atoms in total. The van der Waals surface area contributed by atoms with Gasteiger partial charge in [0.05, 0.1) is 11.3 Å². The largest absolute Gasteiger partial charge is 0.416 e. The molecular weight excluding hydrogens is 575 g/mol. The highest BCUT2D eigenvalue weighted by atomic mass is 19.4. The van der Waals surface area contributed by atoms with Crippen molar-refractivity contribution in [3.8, 4) is 11.3 Å². The van der Waals surface area contributed by atoms with Crippen molar-refractivity contribution in [1.82, 2.24) is 29.7 Å². The number of likely N-dealkylation sites (N-methyl/N-ethyl adjacent to an activating group) is 1. The molecule has 0 saturated carbocycles. The van der Waals surface area contributed by atoms with Gasteiger partial charge in [0.2, 0.25) is 11.9 Å². The predicted octanol–water partition coefficient (Wildman–Crippen LogP) is 3.86. The zero-order valence-corrected chi connectivity index (χ0v) is 24.0. The molecule has 14 heteroatoms. The van der Waals surface area contributed by atoms with Crippen molar-refractivity contribution in [3.05, 3.63) is 89.6 Å². The van der Waals surface area contributed by atoms with Crippen LogP contribution in [0.4, 0.5) is 30.5 Å². The molecule has 2 aromatic carbocycles. The minimum absolute atomic E-state index is 0.00735. The number of carbonyl (C=O) groups is 2. The van der Waals surface area contributed by atoms with Crippen molar-refractivity contribution in [3.63, 3.8) is 0 Å². The lowest BCUT2D eigenvalue weighted by Gasteiger charge is -2.38. The van der Waals surface area contributed by atoms with Crippen LogP contribution in [0.2, 0.25) is 0 Å². The predicted molar refractivity (Wildman–Crippen MR) is 158 cm³/mol. The first-order valence-electron chi connectivity index (χ1n) is 13.7. The van der Waals surface area contributed by atoms with Crippen LogP contribution in [0.15, 0.2) is 67.4 Å². The van der Waals surface area contributed by atoms with Gasteiger partial charge in [-0.3, -0.25) is 19.4 Å². The number of aromatic nitrogens is 4. The number of piperazine rings is 1. The van der Waals surface area contributed by atoms with E-state index in [1.807, 2.05) is 6.92 Å². The van der Waals surface area contributed by atoms with Crippen LogP contribution in [0, 0.1) is 6.92 Å². The average Bonchev–Trinajstić information content (AvgIpc) is 3.00. The molecule has 1 atom stereocenters. The van der Waals surface area contributed by atoms with Crippen molar-refractivity contribution in [2.75, 3.05) is 37.3 Å². The van der Waals surface area contributed by atoms with Gasteiger partial charge in [0.25, 0.3) is 5.91 Å². The summed E-state index contributed by atoms with van der Waals surface area (Å²) in [6, 6.07) is 9.71. The van der Waals surface area contributed by atoms with Gasteiger partial charge >= 0.3 is 6.18 Å². The quantitative estimate of drug-likeness (QED) is 0.273. The number of nitrogens with zero attached hydrogens (tertiary/aromatic N) is 6. The maximum Gasteiger partial charge on any atom is 0.416 e. The topological polar surface area (TPSA) is 142 Å². The van der Waals surface area contributed by atoms with E-state index in [4.69, 9.17) is 5.73 Å². The van der Waals surface area contributed by atoms with Gasteiger partial charge in [-0.05, 0) is 55.4 Å². The van der Waals surface area contributed by atoms with Crippen LogP contribution in [0.25, 0.3) is 11.3 Å². The summed E-state index contributed by atoms with van der Waals surface area (Å²) < 4.78 is 42.4. The molecule has 228 valence electrons.